The maximum atomic E-state index is 12.6. The number of ether oxygens (including phenoxy) is 2. The van der Waals surface area contributed by atoms with Gasteiger partial charge in [-0.2, -0.15) is 0 Å². The van der Waals surface area contributed by atoms with Gasteiger partial charge in [0.15, 0.2) is 6.10 Å². The average Bonchev–Trinajstić information content (AvgIpc) is 2.88. The molecule has 1 N–H and O–H groups in total. The summed E-state index contributed by atoms with van der Waals surface area (Å²) in [5.41, 5.74) is 2.89. The molecule has 4 heterocycles. The molecule has 3 aromatic rings. The quantitative estimate of drug-likeness (QED) is 0.386. The molecule has 0 unspecified atom stereocenters. The Bertz CT molecular complexity index is 1380. The normalized spacial score (nSPS) is 16.0. The Morgan fingerprint density at radius 3 is 2.42 bits per heavy atom. The van der Waals surface area contributed by atoms with Crippen LogP contribution in [0.5, 0.6) is 5.75 Å². The van der Waals surface area contributed by atoms with Gasteiger partial charge in [-0.05, 0) is 64.2 Å². The minimum atomic E-state index is -1.18. The molecular formula is C31H40N4O5. The van der Waals surface area contributed by atoms with Crippen molar-refractivity contribution in [1.29, 1.82) is 0 Å². The molecule has 4 rings (SSSR count). The van der Waals surface area contributed by atoms with Crippen LogP contribution in [-0.2, 0) is 16.1 Å². The van der Waals surface area contributed by atoms with Crippen LogP contribution in [-0.4, -0.2) is 50.9 Å². The molecule has 0 spiro atoms. The van der Waals surface area contributed by atoms with E-state index in [1.165, 1.54) is 6.07 Å². The van der Waals surface area contributed by atoms with Crippen molar-refractivity contribution in [3.8, 4) is 17.0 Å². The Kier molecular flexibility index (Phi) is 8.63. The third-order valence-corrected chi connectivity index (χ3v) is 7.19. The second-order valence-electron chi connectivity index (χ2n) is 12.1. The second kappa shape index (κ2) is 11.8. The Balaban J connectivity index is 1.68. The SMILES string of the molecule is Cc1ncc(-c2ccc(OCCn3ccccc3=O)cn2)c(N2CCC(C)(C)CC2)c1[C@H](OC(C)(C)C)C(=O)O. The summed E-state index contributed by atoms with van der Waals surface area (Å²) in [6.45, 7) is 14.3. The van der Waals surface area contributed by atoms with E-state index >= 15 is 0 Å². The Labute approximate surface area is 235 Å². The molecule has 0 radical (unpaired) electrons. The predicted molar refractivity (Wildman–Crippen MR) is 155 cm³/mol. The molecule has 1 saturated heterocycles. The number of rotatable bonds is 9. The highest BCUT2D eigenvalue weighted by Crippen LogP contribution is 2.43. The van der Waals surface area contributed by atoms with E-state index in [9.17, 15) is 14.7 Å². The number of aromatic nitrogens is 3. The zero-order chi connectivity index (χ0) is 29.1. The van der Waals surface area contributed by atoms with Gasteiger partial charge in [0, 0.05) is 48.4 Å². The number of nitrogens with zero attached hydrogens (tertiary/aromatic N) is 4. The maximum Gasteiger partial charge on any atom is 0.337 e. The van der Waals surface area contributed by atoms with Crippen molar-refractivity contribution in [3.05, 3.63) is 70.5 Å². The van der Waals surface area contributed by atoms with Crippen LogP contribution in [0.1, 0.15) is 64.8 Å². The fourth-order valence-corrected chi connectivity index (χ4v) is 4.90. The lowest BCUT2D eigenvalue weighted by Crippen LogP contribution is -2.39. The topological polar surface area (TPSA) is 107 Å². The van der Waals surface area contributed by atoms with Crippen LogP contribution in [0.4, 0.5) is 5.69 Å². The molecule has 9 nitrogen and oxygen atoms in total. The molecule has 1 atom stereocenters. The first-order valence-corrected chi connectivity index (χ1v) is 13.7. The molecule has 0 saturated carbocycles. The number of carbonyl (C=O) groups is 1. The number of anilines is 1. The number of pyridine rings is 3. The molecule has 0 bridgehead atoms. The molecule has 40 heavy (non-hydrogen) atoms. The maximum absolute atomic E-state index is 12.6. The van der Waals surface area contributed by atoms with Crippen molar-refractivity contribution in [3.63, 3.8) is 0 Å². The van der Waals surface area contributed by atoms with Crippen molar-refractivity contribution in [1.82, 2.24) is 14.5 Å². The lowest BCUT2D eigenvalue weighted by Gasteiger charge is -2.40. The fraction of sp³-hybridized carbons (Fsp3) is 0.484. The van der Waals surface area contributed by atoms with Crippen LogP contribution in [0.2, 0.25) is 0 Å². The first kappa shape index (κ1) is 29.3. The number of hydrogen-bond donors (Lipinski definition) is 1. The largest absolute Gasteiger partial charge is 0.490 e. The van der Waals surface area contributed by atoms with Crippen LogP contribution in [0.15, 0.2) is 53.7 Å². The van der Waals surface area contributed by atoms with Gasteiger partial charge in [-0.25, -0.2) is 4.79 Å². The van der Waals surface area contributed by atoms with Crippen LogP contribution >= 0.6 is 0 Å². The zero-order valence-corrected chi connectivity index (χ0v) is 24.3. The van der Waals surface area contributed by atoms with E-state index in [4.69, 9.17) is 9.47 Å². The van der Waals surface area contributed by atoms with Gasteiger partial charge in [0.2, 0.25) is 0 Å². The van der Waals surface area contributed by atoms with E-state index in [0.29, 0.717) is 35.9 Å². The third-order valence-electron chi connectivity index (χ3n) is 7.19. The van der Waals surface area contributed by atoms with Crippen LogP contribution in [0.3, 0.4) is 0 Å². The van der Waals surface area contributed by atoms with Gasteiger partial charge in [-0.15, -0.1) is 0 Å². The summed E-state index contributed by atoms with van der Waals surface area (Å²) >= 11 is 0. The van der Waals surface area contributed by atoms with Gasteiger partial charge >= 0.3 is 5.97 Å². The zero-order valence-electron chi connectivity index (χ0n) is 24.3. The van der Waals surface area contributed by atoms with Crippen molar-refractivity contribution < 1.29 is 19.4 Å². The van der Waals surface area contributed by atoms with Crippen LogP contribution < -0.4 is 15.2 Å². The van der Waals surface area contributed by atoms with Crippen molar-refractivity contribution in [2.75, 3.05) is 24.6 Å². The molecule has 0 aromatic carbocycles. The summed E-state index contributed by atoms with van der Waals surface area (Å²) < 4.78 is 13.5. The summed E-state index contributed by atoms with van der Waals surface area (Å²) in [4.78, 5) is 36.0. The lowest BCUT2D eigenvalue weighted by molar-refractivity contribution is -0.160. The van der Waals surface area contributed by atoms with Gasteiger partial charge in [0.1, 0.15) is 12.4 Å². The standard InChI is InChI=1S/C31H40N4O5/c1-21-26(28(29(37)38)40-30(2,3)4)27(35-15-12-31(5,6)13-16-35)23(20-32-21)24-11-10-22(19-33-24)39-18-17-34-14-8-7-9-25(34)36/h7-11,14,19-20,28H,12-13,15-18H2,1-6H3,(H,37,38)/t28-/m0/s1. The molecule has 3 aromatic heterocycles. The molecule has 9 heteroatoms. The van der Waals surface area contributed by atoms with Crippen LogP contribution in [0, 0.1) is 12.3 Å². The number of hydrogen-bond acceptors (Lipinski definition) is 7. The van der Waals surface area contributed by atoms with Gasteiger partial charge in [0.05, 0.1) is 29.7 Å². The van der Waals surface area contributed by atoms with Gasteiger partial charge in [-0.3, -0.25) is 14.8 Å². The van der Waals surface area contributed by atoms with E-state index in [1.807, 2.05) is 45.9 Å². The third kappa shape index (κ3) is 7.07. The van der Waals surface area contributed by atoms with Gasteiger partial charge in [-0.1, -0.05) is 19.9 Å². The molecule has 1 fully saturated rings. The fourth-order valence-electron chi connectivity index (χ4n) is 4.90. The Morgan fingerprint density at radius 2 is 1.82 bits per heavy atom. The smallest absolute Gasteiger partial charge is 0.337 e. The number of carboxylic acid groups (broad SMARTS) is 1. The monoisotopic (exact) mass is 548 g/mol. The summed E-state index contributed by atoms with van der Waals surface area (Å²) in [5, 5.41) is 10.3. The highest BCUT2D eigenvalue weighted by molar-refractivity contribution is 5.85. The van der Waals surface area contributed by atoms with Gasteiger partial charge in [0.25, 0.3) is 5.56 Å². The lowest BCUT2D eigenvalue weighted by atomic mass is 9.82. The summed E-state index contributed by atoms with van der Waals surface area (Å²) in [5.74, 6) is -0.474. The van der Waals surface area contributed by atoms with E-state index < -0.39 is 17.7 Å². The van der Waals surface area contributed by atoms with E-state index in [-0.39, 0.29) is 11.0 Å². The van der Waals surface area contributed by atoms with E-state index in [1.54, 1.807) is 29.2 Å². The first-order valence-electron chi connectivity index (χ1n) is 13.7. The molecule has 0 aliphatic carbocycles. The van der Waals surface area contributed by atoms with E-state index in [2.05, 4.69) is 28.7 Å². The van der Waals surface area contributed by atoms with Crippen molar-refractivity contribution in [2.45, 2.75) is 72.6 Å². The number of carboxylic acids is 1. The van der Waals surface area contributed by atoms with Crippen LogP contribution in [0.25, 0.3) is 11.3 Å². The molecule has 1 aliphatic heterocycles. The van der Waals surface area contributed by atoms with Crippen molar-refractivity contribution in [2.24, 2.45) is 5.41 Å². The van der Waals surface area contributed by atoms with Gasteiger partial charge < -0.3 is 24.0 Å². The summed E-state index contributed by atoms with van der Waals surface area (Å²) in [6, 6.07) is 8.73. The predicted octanol–water partition coefficient (Wildman–Crippen LogP) is 5.26. The highest BCUT2D eigenvalue weighted by Gasteiger charge is 2.36. The molecule has 0 amide bonds. The summed E-state index contributed by atoms with van der Waals surface area (Å²) in [7, 11) is 0. The average molecular weight is 549 g/mol. The number of aliphatic carboxylic acids is 1. The highest BCUT2D eigenvalue weighted by atomic mass is 16.5. The van der Waals surface area contributed by atoms with Crippen molar-refractivity contribution >= 4 is 11.7 Å². The Morgan fingerprint density at radius 1 is 1.10 bits per heavy atom. The summed E-state index contributed by atoms with van der Waals surface area (Å²) in [6.07, 6.45) is 5.93. The number of aryl methyl sites for hydroxylation is 1. The van der Waals surface area contributed by atoms with E-state index in [0.717, 1.165) is 37.2 Å². The second-order valence-corrected chi connectivity index (χ2v) is 12.1. The minimum Gasteiger partial charge on any atom is -0.490 e. The molecular weight excluding hydrogens is 508 g/mol. The number of piperidine rings is 1. The minimum absolute atomic E-state index is 0.0778. The molecule has 1 aliphatic rings. The Hall–Kier alpha value is -3.72. The first-order chi connectivity index (χ1) is 18.8. The molecule has 214 valence electrons.